The van der Waals surface area contributed by atoms with E-state index in [1.807, 2.05) is 0 Å². The number of aliphatic carboxylic acids is 1. The van der Waals surface area contributed by atoms with Gasteiger partial charge in [-0.3, -0.25) is 4.79 Å². The molecule has 0 unspecified atom stereocenters. The Morgan fingerprint density at radius 2 is 1.74 bits per heavy atom. The van der Waals surface area contributed by atoms with Crippen LogP contribution in [0.3, 0.4) is 0 Å². The van der Waals surface area contributed by atoms with Crippen LogP contribution in [0.5, 0.6) is 0 Å². The highest BCUT2D eigenvalue weighted by Crippen LogP contribution is 2.37. The third kappa shape index (κ3) is 5.61. The van der Waals surface area contributed by atoms with Crippen LogP contribution in [0.25, 0.3) is 0 Å². The Labute approximate surface area is 152 Å². The molecular formula is C14H9ClF6N4O2. The van der Waals surface area contributed by atoms with Gasteiger partial charge in [0.05, 0.1) is 10.6 Å². The maximum absolute atomic E-state index is 12.9. The van der Waals surface area contributed by atoms with Gasteiger partial charge in [-0.1, -0.05) is 11.6 Å². The van der Waals surface area contributed by atoms with Crippen molar-refractivity contribution in [2.45, 2.75) is 12.4 Å². The van der Waals surface area contributed by atoms with E-state index in [0.717, 1.165) is 12.1 Å². The van der Waals surface area contributed by atoms with Crippen molar-refractivity contribution in [1.29, 1.82) is 0 Å². The molecule has 0 spiro atoms. The number of rotatable bonds is 5. The zero-order valence-corrected chi connectivity index (χ0v) is 13.7. The number of hydrogen-bond acceptors (Lipinski definition) is 5. The minimum absolute atomic E-state index is 0.234. The Morgan fingerprint density at radius 1 is 1.07 bits per heavy atom. The SMILES string of the molecule is O=C(O)CNc1nc(Nc2ccc(Cl)c(C(F)(F)F)c2)cc(C(F)(F)F)n1. The first-order valence-corrected chi connectivity index (χ1v) is 7.30. The monoisotopic (exact) mass is 414 g/mol. The number of alkyl halides is 6. The van der Waals surface area contributed by atoms with Gasteiger partial charge < -0.3 is 15.7 Å². The highest BCUT2D eigenvalue weighted by molar-refractivity contribution is 6.31. The number of halogens is 7. The number of carboxylic acids is 1. The summed E-state index contributed by atoms with van der Waals surface area (Å²) in [4.78, 5) is 17.3. The van der Waals surface area contributed by atoms with E-state index >= 15 is 0 Å². The van der Waals surface area contributed by atoms with Crippen molar-refractivity contribution >= 4 is 35.0 Å². The van der Waals surface area contributed by atoms with Crippen LogP contribution in [0.4, 0.5) is 43.8 Å². The summed E-state index contributed by atoms with van der Waals surface area (Å²) in [7, 11) is 0. The Hall–Kier alpha value is -2.76. The molecule has 1 heterocycles. The number of benzene rings is 1. The fourth-order valence-electron chi connectivity index (χ4n) is 1.86. The van der Waals surface area contributed by atoms with E-state index in [4.69, 9.17) is 16.7 Å². The van der Waals surface area contributed by atoms with Gasteiger partial charge in [0.1, 0.15) is 12.4 Å². The fourth-order valence-corrected chi connectivity index (χ4v) is 2.08. The van der Waals surface area contributed by atoms with E-state index in [9.17, 15) is 31.1 Å². The van der Waals surface area contributed by atoms with Crippen LogP contribution in [0.15, 0.2) is 24.3 Å². The second-order valence-corrected chi connectivity index (χ2v) is 5.43. The van der Waals surface area contributed by atoms with E-state index in [2.05, 4.69) is 20.6 Å². The van der Waals surface area contributed by atoms with Gasteiger partial charge in [0.15, 0.2) is 5.69 Å². The van der Waals surface area contributed by atoms with Gasteiger partial charge in [0.2, 0.25) is 5.95 Å². The second-order valence-electron chi connectivity index (χ2n) is 5.02. The predicted molar refractivity (Wildman–Crippen MR) is 82.9 cm³/mol. The van der Waals surface area contributed by atoms with Crippen molar-refractivity contribution in [3.05, 3.63) is 40.5 Å². The van der Waals surface area contributed by atoms with Crippen molar-refractivity contribution in [2.75, 3.05) is 17.2 Å². The molecule has 2 rings (SSSR count). The van der Waals surface area contributed by atoms with Crippen LogP contribution in [-0.4, -0.2) is 27.6 Å². The molecule has 0 saturated carbocycles. The van der Waals surface area contributed by atoms with Crippen LogP contribution in [0, 0.1) is 0 Å². The average Bonchev–Trinajstić information content (AvgIpc) is 2.52. The lowest BCUT2D eigenvalue weighted by Crippen LogP contribution is -2.17. The Kier molecular flexibility index (Phi) is 5.68. The molecule has 0 amide bonds. The van der Waals surface area contributed by atoms with Crippen molar-refractivity contribution in [3.8, 4) is 0 Å². The van der Waals surface area contributed by atoms with Gasteiger partial charge in [-0.25, -0.2) is 4.98 Å². The Balaban J connectivity index is 2.40. The molecule has 13 heteroatoms. The number of anilines is 3. The summed E-state index contributed by atoms with van der Waals surface area (Å²) in [6.07, 6.45) is -9.66. The van der Waals surface area contributed by atoms with Crippen molar-refractivity contribution in [3.63, 3.8) is 0 Å². The van der Waals surface area contributed by atoms with Crippen LogP contribution >= 0.6 is 11.6 Å². The Bertz CT molecular complexity index is 856. The third-order valence-corrected chi connectivity index (χ3v) is 3.29. The van der Waals surface area contributed by atoms with Crippen LogP contribution in [0.1, 0.15) is 11.3 Å². The largest absolute Gasteiger partial charge is 0.480 e. The summed E-state index contributed by atoms with van der Waals surface area (Å²) in [6.45, 7) is -0.764. The summed E-state index contributed by atoms with van der Waals surface area (Å²) < 4.78 is 77.4. The van der Waals surface area contributed by atoms with Gasteiger partial charge in [0.25, 0.3) is 0 Å². The average molecular weight is 415 g/mol. The van der Waals surface area contributed by atoms with E-state index in [-0.39, 0.29) is 5.69 Å². The first-order chi connectivity index (χ1) is 12.4. The smallest absolute Gasteiger partial charge is 0.433 e. The molecule has 1 aromatic carbocycles. The summed E-state index contributed by atoms with van der Waals surface area (Å²) >= 11 is 5.48. The highest BCUT2D eigenvalue weighted by atomic mass is 35.5. The molecule has 1 aromatic heterocycles. The second kappa shape index (κ2) is 7.47. The number of carbonyl (C=O) groups is 1. The summed E-state index contributed by atoms with van der Waals surface area (Å²) in [6, 6.07) is 3.09. The normalized spacial score (nSPS) is 12.0. The minimum atomic E-state index is -4.89. The maximum atomic E-state index is 12.9. The third-order valence-electron chi connectivity index (χ3n) is 2.96. The summed E-state index contributed by atoms with van der Waals surface area (Å²) in [5.41, 5.74) is -2.84. The van der Waals surface area contributed by atoms with E-state index in [0.29, 0.717) is 12.1 Å². The topological polar surface area (TPSA) is 87.1 Å². The molecule has 0 fully saturated rings. The van der Waals surface area contributed by atoms with Gasteiger partial charge in [-0.15, -0.1) is 0 Å². The summed E-state index contributed by atoms with van der Waals surface area (Å²) in [5, 5.41) is 12.3. The molecule has 146 valence electrons. The molecule has 6 nitrogen and oxygen atoms in total. The van der Waals surface area contributed by atoms with Crippen LogP contribution in [-0.2, 0) is 17.1 Å². The van der Waals surface area contributed by atoms with Crippen molar-refractivity contribution in [2.24, 2.45) is 0 Å². The van der Waals surface area contributed by atoms with Crippen LogP contribution < -0.4 is 10.6 Å². The molecular weight excluding hydrogens is 406 g/mol. The van der Waals surface area contributed by atoms with Crippen LogP contribution in [0.2, 0.25) is 5.02 Å². The summed E-state index contributed by atoms with van der Waals surface area (Å²) in [5.74, 6) is -2.54. The minimum Gasteiger partial charge on any atom is -0.480 e. The van der Waals surface area contributed by atoms with Gasteiger partial charge in [-0.05, 0) is 18.2 Å². The molecule has 0 bridgehead atoms. The highest BCUT2D eigenvalue weighted by Gasteiger charge is 2.35. The lowest BCUT2D eigenvalue weighted by atomic mass is 10.2. The number of carboxylic acid groups (broad SMARTS) is 1. The van der Waals surface area contributed by atoms with Gasteiger partial charge in [0, 0.05) is 11.8 Å². The quantitative estimate of drug-likeness (QED) is 0.628. The zero-order chi connectivity index (χ0) is 20.4. The van der Waals surface area contributed by atoms with Crippen molar-refractivity contribution in [1.82, 2.24) is 9.97 Å². The Morgan fingerprint density at radius 3 is 2.30 bits per heavy atom. The van der Waals surface area contributed by atoms with Gasteiger partial charge >= 0.3 is 18.3 Å². The van der Waals surface area contributed by atoms with Crippen molar-refractivity contribution < 1.29 is 36.2 Å². The molecule has 0 atom stereocenters. The number of aromatic nitrogens is 2. The lowest BCUT2D eigenvalue weighted by molar-refractivity contribution is -0.141. The standard InChI is InChI=1S/C14H9ClF6N4O2/c15-8-2-1-6(3-7(8)13(16,17)18)23-10-4-9(14(19,20)21)24-12(25-10)22-5-11(26)27/h1-4H,5H2,(H,26,27)(H2,22,23,24,25). The number of hydrogen-bond donors (Lipinski definition) is 3. The fraction of sp³-hybridized carbons (Fsp3) is 0.214. The molecule has 0 aliphatic rings. The van der Waals surface area contributed by atoms with E-state index in [1.165, 1.54) is 0 Å². The molecule has 0 radical (unpaired) electrons. The molecule has 27 heavy (non-hydrogen) atoms. The first kappa shape index (κ1) is 20.6. The number of nitrogens with one attached hydrogen (secondary N) is 2. The number of nitrogens with zero attached hydrogens (tertiary/aromatic N) is 2. The molecule has 0 aliphatic heterocycles. The molecule has 2 aromatic rings. The zero-order valence-electron chi connectivity index (χ0n) is 12.9. The van der Waals surface area contributed by atoms with E-state index in [1.54, 1.807) is 0 Å². The van der Waals surface area contributed by atoms with Gasteiger partial charge in [-0.2, -0.15) is 31.3 Å². The maximum Gasteiger partial charge on any atom is 0.433 e. The molecule has 3 N–H and O–H groups in total. The van der Waals surface area contributed by atoms with E-state index < -0.39 is 52.9 Å². The molecule has 0 aliphatic carbocycles. The molecule has 0 saturated heterocycles. The first-order valence-electron chi connectivity index (χ1n) is 6.92. The predicted octanol–water partition coefficient (Wildman–Crippen LogP) is 4.41. The lowest BCUT2D eigenvalue weighted by Gasteiger charge is -2.14.